The standard InChI is InChI=1S/C14H15NO/c15-10-13-14(16-13)8-6-12(7-9-14)11-4-2-1-3-5-11/h1-5,12-13H,6-9H2. The van der Waals surface area contributed by atoms with Gasteiger partial charge in [-0.15, -0.1) is 0 Å². The molecule has 0 radical (unpaired) electrons. The molecule has 1 saturated heterocycles. The van der Waals surface area contributed by atoms with Crippen LogP contribution < -0.4 is 0 Å². The van der Waals surface area contributed by atoms with Gasteiger partial charge in [0, 0.05) is 0 Å². The van der Waals surface area contributed by atoms with E-state index < -0.39 is 0 Å². The van der Waals surface area contributed by atoms with Gasteiger partial charge in [0.25, 0.3) is 0 Å². The highest BCUT2D eigenvalue weighted by Gasteiger charge is 2.57. The Morgan fingerprint density at radius 2 is 1.88 bits per heavy atom. The molecule has 1 aromatic carbocycles. The smallest absolute Gasteiger partial charge is 0.173 e. The lowest BCUT2D eigenvalue weighted by Crippen LogP contribution is -2.22. The van der Waals surface area contributed by atoms with Crippen LogP contribution in [0, 0.1) is 11.3 Å². The Hall–Kier alpha value is -1.33. The molecule has 1 spiro atoms. The number of ether oxygens (including phenoxy) is 1. The Bertz CT molecular complexity index is 412. The third-order valence-corrected chi connectivity index (χ3v) is 3.99. The van der Waals surface area contributed by atoms with Crippen molar-refractivity contribution in [2.75, 3.05) is 0 Å². The van der Waals surface area contributed by atoms with Gasteiger partial charge in [-0.25, -0.2) is 0 Å². The molecule has 2 nitrogen and oxygen atoms in total. The van der Waals surface area contributed by atoms with E-state index in [0.29, 0.717) is 5.92 Å². The Kier molecular flexibility index (Phi) is 2.22. The van der Waals surface area contributed by atoms with E-state index in [0.717, 1.165) is 25.7 Å². The Morgan fingerprint density at radius 1 is 1.19 bits per heavy atom. The van der Waals surface area contributed by atoms with Crippen LogP contribution in [0.4, 0.5) is 0 Å². The molecule has 0 aromatic heterocycles. The van der Waals surface area contributed by atoms with Gasteiger partial charge in [-0.05, 0) is 37.2 Å². The third-order valence-electron chi connectivity index (χ3n) is 3.99. The minimum atomic E-state index is -0.121. The van der Waals surface area contributed by atoms with E-state index in [1.165, 1.54) is 5.56 Å². The molecule has 2 heteroatoms. The van der Waals surface area contributed by atoms with Crippen molar-refractivity contribution in [3.8, 4) is 6.07 Å². The van der Waals surface area contributed by atoms with E-state index >= 15 is 0 Å². The van der Waals surface area contributed by atoms with Gasteiger partial charge in [0.05, 0.1) is 6.07 Å². The van der Waals surface area contributed by atoms with E-state index in [1.54, 1.807) is 0 Å². The summed E-state index contributed by atoms with van der Waals surface area (Å²) in [4.78, 5) is 0. The highest BCUT2D eigenvalue weighted by atomic mass is 16.6. The largest absolute Gasteiger partial charge is 0.350 e. The van der Waals surface area contributed by atoms with E-state index in [4.69, 9.17) is 10.00 Å². The summed E-state index contributed by atoms with van der Waals surface area (Å²) in [5, 5.41) is 8.83. The number of nitrogens with zero attached hydrogens (tertiary/aromatic N) is 1. The maximum absolute atomic E-state index is 8.83. The van der Waals surface area contributed by atoms with Crippen LogP contribution >= 0.6 is 0 Å². The summed E-state index contributed by atoms with van der Waals surface area (Å²) >= 11 is 0. The molecule has 1 saturated carbocycles. The van der Waals surface area contributed by atoms with Gasteiger partial charge < -0.3 is 4.74 Å². The first kappa shape index (κ1) is 9.86. The highest BCUT2D eigenvalue weighted by Crippen LogP contribution is 2.51. The van der Waals surface area contributed by atoms with Crippen molar-refractivity contribution in [1.29, 1.82) is 5.26 Å². The number of benzene rings is 1. The average Bonchev–Trinajstić information content (AvgIpc) is 3.04. The molecule has 1 aliphatic heterocycles. The summed E-state index contributed by atoms with van der Waals surface area (Å²) in [6, 6.07) is 12.9. The lowest BCUT2D eigenvalue weighted by Gasteiger charge is -2.26. The summed E-state index contributed by atoms with van der Waals surface area (Å²) < 4.78 is 5.52. The van der Waals surface area contributed by atoms with Crippen molar-refractivity contribution in [2.45, 2.75) is 43.3 Å². The summed E-state index contributed by atoms with van der Waals surface area (Å²) in [6.45, 7) is 0. The summed E-state index contributed by atoms with van der Waals surface area (Å²) in [6.07, 6.45) is 4.28. The second kappa shape index (κ2) is 3.61. The predicted molar refractivity (Wildman–Crippen MR) is 60.9 cm³/mol. The molecule has 1 atom stereocenters. The number of nitriles is 1. The Morgan fingerprint density at radius 3 is 2.44 bits per heavy atom. The van der Waals surface area contributed by atoms with Crippen LogP contribution in [0.3, 0.4) is 0 Å². The van der Waals surface area contributed by atoms with Crippen LogP contribution in [0.1, 0.15) is 37.2 Å². The fraction of sp³-hybridized carbons (Fsp3) is 0.500. The maximum atomic E-state index is 8.83. The molecule has 1 aliphatic carbocycles. The van der Waals surface area contributed by atoms with Crippen molar-refractivity contribution < 1.29 is 4.74 Å². The normalized spacial score (nSPS) is 36.9. The summed E-state index contributed by atoms with van der Waals surface area (Å²) in [5.41, 5.74) is 1.38. The van der Waals surface area contributed by atoms with Gasteiger partial charge in [-0.1, -0.05) is 30.3 Å². The van der Waals surface area contributed by atoms with E-state index in [9.17, 15) is 0 Å². The average molecular weight is 213 g/mol. The molecule has 1 unspecified atom stereocenters. The molecule has 2 aliphatic rings. The van der Waals surface area contributed by atoms with Crippen LogP contribution in [0.25, 0.3) is 0 Å². The molecule has 0 amide bonds. The van der Waals surface area contributed by atoms with Crippen LogP contribution in [0.15, 0.2) is 30.3 Å². The second-order valence-corrected chi connectivity index (χ2v) is 4.88. The monoisotopic (exact) mass is 213 g/mol. The molecular formula is C14H15NO. The first-order valence-electron chi connectivity index (χ1n) is 5.96. The number of hydrogen-bond donors (Lipinski definition) is 0. The van der Waals surface area contributed by atoms with Gasteiger partial charge in [0.1, 0.15) is 5.60 Å². The molecule has 0 bridgehead atoms. The van der Waals surface area contributed by atoms with Crippen molar-refractivity contribution in [1.82, 2.24) is 0 Å². The first-order chi connectivity index (χ1) is 7.84. The molecule has 0 N–H and O–H groups in total. The second-order valence-electron chi connectivity index (χ2n) is 4.88. The van der Waals surface area contributed by atoms with Gasteiger partial charge in [-0.3, -0.25) is 0 Å². The number of hydrogen-bond acceptors (Lipinski definition) is 2. The van der Waals surface area contributed by atoms with Crippen molar-refractivity contribution in [3.05, 3.63) is 35.9 Å². The van der Waals surface area contributed by atoms with Crippen molar-refractivity contribution >= 4 is 0 Å². The minimum absolute atomic E-state index is 0.0555. The lowest BCUT2D eigenvalue weighted by atomic mass is 9.77. The quantitative estimate of drug-likeness (QED) is 0.672. The fourth-order valence-corrected chi connectivity index (χ4v) is 2.89. The van der Waals surface area contributed by atoms with Crippen LogP contribution in [-0.2, 0) is 4.74 Å². The Labute approximate surface area is 95.8 Å². The zero-order chi connectivity index (χ0) is 11.0. The molecule has 1 heterocycles. The third kappa shape index (κ3) is 1.52. The Balaban J connectivity index is 1.66. The van der Waals surface area contributed by atoms with E-state index in [-0.39, 0.29) is 11.7 Å². The number of rotatable bonds is 1. The van der Waals surface area contributed by atoms with Crippen molar-refractivity contribution in [3.63, 3.8) is 0 Å². The maximum Gasteiger partial charge on any atom is 0.173 e. The van der Waals surface area contributed by atoms with E-state index in [1.807, 2.05) is 0 Å². The van der Waals surface area contributed by atoms with Gasteiger partial charge in [0.15, 0.2) is 6.10 Å². The predicted octanol–water partition coefficient (Wildman–Crippen LogP) is 3.01. The highest BCUT2D eigenvalue weighted by molar-refractivity contribution is 5.23. The van der Waals surface area contributed by atoms with Gasteiger partial charge >= 0.3 is 0 Å². The van der Waals surface area contributed by atoms with Crippen molar-refractivity contribution in [2.24, 2.45) is 0 Å². The fourth-order valence-electron chi connectivity index (χ4n) is 2.89. The SMILES string of the molecule is N#CC1OC12CCC(c1ccccc1)CC2. The van der Waals surface area contributed by atoms with Crippen LogP contribution in [0.5, 0.6) is 0 Å². The molecule has 2 fully saturated rings. The first-order valence-corrected chi connectivity index (χ1v) is 5.96. The molecule has 16 heavy (non-hydrogen) atoms. The van der Waals surface area contributed by atoms with Gasteiger partial charge in [0.2, 0.25) is 0 Å². The van der Waals surface area contributed by atoms with Crippen LogP contribution in [0.2, 0.25) is 0 Å². The molecule has 3 rings (SSSR count). The zero-order valence-electron chi connectivity index (χ0n) is 9.23. The number of epoxide rings is 1. The van der Waals surface area contributed by atoms with Crippen LogP contribution in [-0.4, -0.2) is 11.7 Å². The molecule has 1 aromatic rings. The molecular weight excluding hydrogens is 198 g/mol. The summed E-state index contributed by atoms with van der Waals surface area (Å²) in [5.74, 6) is 0.662. The lowest BCUT2D eigenvalue weighted by molar-refractivity contribution is 0.222. The topological polar surface area (TPSA) is 36.3 Å². The molecule has 82 valence electrons. The summed E-state index contributed by atoms with van der Waals surface area (Å²) in [7, 11) is 0. The zero-order valence-corrected chi connectivity index (χ0v) is 9.23. The van der Waals surface area contributed by atoms with E-state index in [2.05, 4.69) is 36.4 Å². The van der Waals surface area contributed by atoms with Gasteiger partial charge in [-0.2, -0.15) is 5.26 Å². The minimum Gasteiger partial charge on any atom is -0.350 e.